The molecule has 6 nitrogen and oxygen atoms in total. The van der Waals surface area contributed by atoms with Crippen molar-refractivity contribution in [1.82, 2.24) is 4.98 Å². The molecule has 0 aliphatic heterocycles. The number of fused-ring (bicyclic) bond motifs is 1. The Balaban J connectivity index is 2.27. The molecule has 1 heterocycles. The van der Waals surface area contributed by atoms with E-state index in [-0.39, 0.29) is 35.4 Å². The van der Waals surface area contributed by atoms with Crippen LogP contribution in [0.1, 0.15) is 41.4 Å². The first kappa shape index (κ1) is 21.5. The van der Waals surface area contributed by atoms with Gasteiger partial charge in [0.1, 0.15) is 5.82 Å². The Kier molecular flexibility index (Phi) is 6.52. The molecule has 0 amide bonds. The van der Waals surface area contributed by atoms with Crippen molar-refractivity contribution in [2.75, 3.05) is 13.2 Å². The molecule has 0 saturated carbocycles. The third-order valence-electron chi connectivity index (χ3n) is 4.45. The number of esters is 2. The van der Waals surface area contributed by atoms with Gasteiger partial charge in [-0.2, -0.15) is 0 Å². The smallest absolute Gasteiger partial charge is 0.324 e. The number of H-pyrrole nitrogens is 1. The summed E-state index contributed by atoms with van der Waals surface area (Å²) >= 11 is 6.00. The average molecular weight is 432 g/mol. The number of ether oxygens (including phenoxy) is 2. The van der Waals surface area contributed by atoms with E-state index in [1.165, 1.54) is 18.2 Å². The maximum Gasteiger partial charge on any atom is 0.324 e. The minimum Gasteiger partial charge on any atom is -0.465 e. The summed E-state index contributed by atoms with van der Waals surface area (Å²) < 4.78 is 24.1. The normalized spacial score (nSPS) is 11.0. The second kappa shape index (κ2) is 9.09. The summed E-state index contributed by atoms with van der Waals surface area (Å²) in [6.45, 7) is 3.21. The number of nitrogens with one attached hydrogen (secondary N) is 1. The maximum absolute atomic E-state index is 14.0. The average Bonchev–Trinajstić information content (AvgIpc) is 3.06. The molecule has 156 valence electrons. The standard InChI is InChI=1S/C22H19ClFNO5/c1-3-29-21(27)18(22(28)30-4-2)17-15-11-14(24)8-9-16(15)25-19(17)20(26)12-6-5-7-13(23)10-12/h5-11,18,25H,3-4H2,1-2H3. The predicted molar refractivity (Wildman–Crippen MR) is 109 cm³/mol. The molecule has 0 aliphatic carbocycles. The molecule has 0 unspecified atom stereocenters. The molecule has 2 aromatic carbocycles. The van der Waals surface area contributed by atoms with Crippen LogP contribution in [0.5, 0.6) is 0 Å². The van der Waals surface area contributed by atoms with Crippen LogP contribution in [0.4, 0.5) is 4.39 Å². The van der Waals surface area contributed by atoms with Gasteiger partial charge in [0.05, 0.1) is 18.9 Å². The minimum atomic E-state index is -1.56. The number of hydrogen-bond acceptors (Lipinski definition) is 5. The molecule has 8 heteroatoms. The molecular weight excluding hydrogens is 413 g/mol. The molecule has 0 spiro atoms. The Labute approximate surface area is 176 Å². The van der Waals surface area contributed by atoms with Gasteiger partial charge in [-0.05, 0) is 44.2 Å². The Morgan fingerprint density at radius 1 is 1.03 bits per heavy atom. The molecule has 0 aliphatic rings. The third kappa shape index (κ3) is 4.21. The van der Waals surface area contributed by atoms with E-state index in [2.05, 4.69) is 4.98 Å². The Bertz CT molecular complexity index is 1110. The fraction of sp³-hybridized carbons (Fsp3) is 0.227. The van der Waals surface area contributed by atoms with E-state index in [1.807, 2.05) is 0 Å². The van der Waals surface area contributed by atoms with Crippen molar-refractivity contribution in [2.45, 2.75) is 19.8 Å². The first-order valence-corrected chi connectivity index (χ1v) is 9.69. The summed E-state index contributed by atoms with van der Waals surface area (Å²) in [6.07, 6.45) is 0. The number of carbonyl (C=O) groups is 3. The van der Waals surface area contributed by atoms with Gasteiger partial charge in [0, 0.05) is 27.1 Å². The van der Waals surface area contributed by atoms with Crippen LogP contribution >= 0.6 is 11.6 Å². The van der Waals surface area contributed by atoms with E-state index in [1.54, 1.807) is 32.0 Å². The van der Waals surface area contributed by atoms with Crippen LogP contribution in [0.25, 0.3) is 10.9 Å². The van der Waals surface area contributed by atoms with Gasteiger partial charge in [-0.15, -0.1) is 0 Å². The molecule has 1 N–H and O–H groups in total. The molecule has 3 rings (SSSR count). The highest BCUT2D eigenvalue weighted by molar-refractivity contribution is 6.31. The van der Waals surface area contributed by atoms with Crippen molar-refractivity contribution in [1.29, 1.82) is 0 Å². The first-order valence-electron chi connectivity index (χ1n) is 9.32. The number of rotatable bonds is 7. The molecule has 0 saturated heterocycles. The summed E-state index contributed by atoms with van der Waals surface area (Å²) in [6, 6.07) is 10.0. The lowest BCUT2D eigenvalue weighted by molar-refractivity contribution is -0.156. The van der Waals surface area contributed by atoms with Crippen molar-refractivity contribution in [3.8, 4) is 0 Å². The zero-order chi connectivity index (χ0) is 21.8. The van der Waals surface area contributed by atoms with Crippen LogP contribution in [0.2, 0.25) is 5.02 Å². The summed E-state index contributed by atoms with van der Waals surface area (Å²) in [5.41, 5.74) is 0.591. The second-order valence-corrected chi connectivity index (χ2v) is 6.82. The Hall–Kier alpha value is -3.19. The molecule has 0 radical (unpaired) electrons. The second-order valence-electron chi connectivity index (χ2n) is 6.38. The van der Waals surface area contributed by atoms with Gasteiger partial charge in [0.2, 0.25) is 5.78 Å². The summed E-state index contributed by atoms with van der Waals surface area (Å²) in [4.78, 5) is 41.5. The Morgan fingerprint density at radius 2 is 1.70 bits per heavy atom. The lowest BCUT2D eigenvalue weighted by Crippen LogP contribution is -2.27. The van der Waals surface area contributed by atoms with E-state index >= 15 is 0 Å². The van der Waals surface area contributed by atoms with Gasteiger partial charge < -0.3 is 14.5 Å². The number of aromatic nitrogens is 1. The van der Waals surface area contributed by atoms with Crippen LogP contribution in [0.15, 0.2) is 42.5 Å². The summed E-state index contributed by atoms with van der Waals surface area (Å²) in [5, 5.41) is 0.559. The fourth-order valence-corrected chi connectivity index (χ4v) is 3.41. The molecule has 1 aromatic heterocycles. The van der Waals surface area contributed by atoms with Crippen molar-refractivity contribution in [3.63, 3.8) is 0 Å². The maximum atomic E-state index is 14.0. The fourth-order valence-electron chi connectivity index (χ4n) is 3.22. The number of carbonyl (C=O) groups excluding carboxylic acids is 3. The van der Waals surface area contributed by atoms with Gasteiger partial charge in [0.15, 0.2) is 5.92 Å². The van der Waals surface area contributed by atoms with Crippen LogP contribution in [0, 0.1) is 5.82 Å². The molecular formula is C22H19ClFNO5. The number of aromatic amines is 1. The monoisotopic (exact) mass is 431 g/mol. The first-order chi connectivity index (χ1) is 14.4. The molecule has 0 fully saturated rings. The van der Waals surface area contributed by atoms with Crippen molar-refractivity contribution < 1.29 is 28.2 Å². The van der Waals surface area contributed by atoms with Crippen LogP contribution in [-0.2, 0) is 19.1 Å². The predicted octanol–water partition coefficient (Wildman–Crippen LogP) is 4.40. The van der Waals surface area contributed by atoms with Crippen molar-refractivity contribution in [2.24, 2.45) is 0 Å². The largest absolute Gasteiger partial charge is 0.465 e. The number of halogens is 2. The third-order valence-corrected chi connectivity index (χ3v) is 4.68. The molecule has 3 aromatic rings. The van der Waals surface area contributed by atoms with Crippen molar-refractivity contribution >= 4 is 40.2 Å². The van der Waals surface area contributed by atoms with Crippen LogP contribution in [-0.4, -0.2) is 35.9 Å². The van der Waals surface area contributed by atoms with Gasteiger partial charge >= 0.3 is 11.9 Å². The van der Waals surface area contributed by atoms with Gasteiger partial charge in [0.25, 0.3) is 0 Å². The highest BCUT2D eigenvalue weighted by Crippen LogP contribution is 2.33. The highest BCUT2D eigenvalue weighted by atomic mass is 35.5. The zero-order valence-corrected chi connectivity index (χ0v) is 17.1. The zero-order valence-electron chi connectivity index (χ0n) is 16.3. The van der Waals surface area contributed by atoms with E-state index < -0.39 is 29.5 Å². The quantitative estimate of drug-likeness (QED) is 0.340. The topological polar surface area (TPSA) is 85.5 Å². The van der Waals surface area contributed by atoms with E-state index in [0.717, 1.165) is 6.07 Å². The lowest BCUT2D eigenvalue weighted by Gasteiger charge is -2.16. The van der Waals surface area contributed by atoms with Crippen LogP contribution < -0.4 is 0 Å². The number of hydrogen-bond donors (Lipinski definition) is 1. The van der Waals surface area contributed by atoms with E-state index in [0.29, 0.717) is 10.5 Å². The van der Waals surface area contributed by atoms with Crippen LogP contribution in [0.3, 0.4) is 0 Å². The van der Waals surface area contributed by atoms with Crippen molar-refractivity contribution in [3.05, 3.63) is 70.1 Å². The van der Waals surface area contributed by atoms with E-state index in [4.69, 9.17) is 21.1 Å². The Morgan fingerprint density at radius 3 is 2.30 bits per heavy atom. The molecule has 0 bridgehead atoms. The minimum absolute atomic E-state index is 0.00590. The lowest BCUT2D eigenvalue weighted by atomic mass is 9.92. The summed E-state index contributed by atoms with van der Waals surface area (Å²) in [5.74, 6) is -4.43. The molecule has 0 atom stereocenters. The van der Waals surface area contributed by atoms with E-state index in [9.17, 15) is 18.8 Å². The number of benzene rings is 2. The van der Waals surface area contributed by atoms with Gasteiger partial charge in [-0.25, -0.2) is 4.39 Å². The van der Waals surface area contributed by atoms with Gasteiger partial charge in [-0.1, -0.05) is 23.7 Å². The summed E-state index contributed by atoms with van der Waals surface area (Å²) in [7, 11) is 0. The SMILES string of the molecule is CCOC(=O)C(C(=O)OCC)c1c(C(=O)c2cccc(Cl)c2)[nH]c2ccc(F)cc12. The number of ketones is 1. The molecule has 30 heavy (non-hydrogen) atoms. The van der Waals surface area contributed by atoms with Gasteiger partial charge in [-0.3, -0.25) is 14.4 Å². The highest BCUT2D eigenvalue weighted by Gasteiger charge is 2.37.